The first kappa shape index (κ1) is 21.6. The molecule has 0 spiro atoms. The second-order valence-corrected chi connectivity index (χ2v) is 11.0. The Morgan fingerprint density at radius 2 is 0.792 bits per heavy atom. The molecule has 0 N–H and O–H groups in total. The van der Waals surface area contributed by atoms with Gasteiger partial charge < -0.3 is 19.3 Å². The zero-order valence-electron chi connectivity index (χ0n) is 33.7. The fourth-order valence-corrected chi connectivity index (χ4v) is 6.20. The molecule has 0 aromatic heterocycles. The Balaban J connectivity index is 1.45. The highest BCUT2D eigenvalue weighted by molar-refractivity contribution is 6.28. The summed E-state index contributed by atoms with van der Waals surface area (Å²) in [5, 5.41) is 4.43. The van der Waals surface area contributed by atoms with Gasteiger partial charge in [0.15, 0.2) is 0 Å². The number of methoxy groups -OCH3 is 2. The maximum atomic E-state index is 14.9. The monoisotopic (exact) mass is 640 g/mol. The van der Waals surface area contributed by atoms with E-state index in [4.69, 9.17) is 20.4 Å². The predicted octanol–water partition coefficient (Wildman–Crippen LogP) is 11.8. The number of hydrogen-bond acceptors (Lipinski definition) is 4. The Hall–Kier alpha value is -6.14. The molecule has 48 heavy (non-hydrogen) atoms. The smallest absolute Gasteiger partial charge is 0.123 e. The summed E-state index contributed by atoms with van der Waals surface area (Å²) in [5.74, 6) is -1.43. The lowest BCUT2D eigenvalue weighted by atomic mass is 9.91. The van der Waals surface area contributed by atoms with Gasteiger partial charge in [0.2, 0.25) is 0 Å². The molecule has 0 saturated carbocycles. The van der Waals surface area contributed by atoms with Gasteiger partial charge in [0.25, 0.3) is 0 Å². The van der Waals surface area contributed by atoms with Gasteiger partial charge >= 0.3 is 0 Å². The average Bonchev–Trinajstić information content (AvgIpc) is 3.23. The van der Waals surface area contributed by atoms with Crippen molar-refractivity contribution in [2.75, 3.05) is 24.0 Å². The first-order valence-electron chi connectivity index (χ1n) is 19.0. The molecule has 234 valence electrons. The number of anilines is 6. The minimum absolute atomic E-state index is 0.160. The molecule has 0 fully saturated rings. The number of halogens is 2. The molecule has 0 aliphatic carbocycles. The molecular formula is C42H30F2N2O2. The van der Waals surface area contributed by atoms with Crippen LogP contribution in [0.5, 0.6) is 11.5 Å². The van der Waals surface area contributed by atoms with Gasteiger partial charge in [-0.05, 0) is 131 Å². The summed E-state index contributed by atoms with van der Waals surface area (Å²) in [7, 11) is 3.04. The van der Waals surface area contributed by atoms with Crippen molar-refractivity contribution in [2.45, 2.75) is 0 Å². The van der Waals surface area contributed by atoms with E-state index in [0.29, 0.717) is 45.0 Å². The first-order valence-corrected chi connectivity index (χ1v) is 15.0. The second-order valence-electron chi connectivity index (χ2n) is 11.0. The van der Waals surface area contributed by atoms with E-state index in [1.54, 1.807) is 70.5 Å². The lowest BCUT2D eigenvalue weighted by Crippen LogP contribution is -2.11. The Kier molecular flexibility index (Phi) is 5.36. The quantitative estimate of drug-likeness (QED) is 0.154. The molecule has 0 aliphatic rings. The number of nitrogens with zero attached hydrogens (tertiary/aromatic N) is 2. The molecule has 0 atom stereocenters. The van der Waals surface area contributed by atoms with Crippen molar-refractivity contribution in [1.29, 1.82) is 0 Å². The van der Waals surface area contributed by atoms with Crippen molar-refractivity contribution >= 4 is 66.4 Å². The molecule has 0 radical (unpaired) electrons. The third kappa shape index (κ3) is 4.99. The predicted molar refractivity (Wildman–Crippen MR) is 193 cm³/mol. The molecule has 0 heterocycles. The Morgan fingerprint density at radius 3 is 1.15 bits per heavy atom. The lowest BCUT2D eigenvalue weighted by Gasteiger charge is -2.29. The summed E-state index contributed by atoms with van der Waals surface area (Å²) in [5.41, 5.74) is 1.54. The molecule has 0 saturated heterocycles. The SMILES string of the molecule is [2H]c1c([2H])c(N(c2ccc(OC)cc2)c2ccc3ccc4c(N(c5ccc(OC)cc5)c5c([2H])c([2H])c(F)c([2H])c5[2H])ccc5ccc2c3c54)c([2H])c([2H])c1F. The topological polar surface area (TPSA) is 24.9 Å². The van der Waals surface area contributed by atoms with Gasteiger partial charge in [-0.2, -0.15) is 0 Å². The standard InChI is InChI=1S/C42H30F2N2O2/c1-47-35-19-15-33(16-20-35)45(31-11-7-29(43)8-12-31)39-25-5-27-4-24-38-40(26-6-28-3-23-37(39)41(27)42(28)38)46(32-13-9-30(44)10-14-32)34-17-21-36(48-2)22-18-34/h3-26H,1-2H3/i7D,8D,9D,10D,11D,12D,13D,14D. The summed E-state index contributed by atoms with van der Waals surface area (Å²) in [6.45, 7) is 0. The van der Waals surface area contributed by atoms with E-state index in [1.165, 1.54) is 14.2 Å². The van der Waals surface area contributed by atoms with Gasteiger partial charge in [0.05, 0.1) is 36.6 Å². The van der Waals surface area contributed by atoms with Crippen molar-refractivity contribution in [3.05, 3.63) is 157 Å². The van der Waals surface area contributed by atoms with Gasteiger partial charge in [0, 0.05) is 33.5 Å². The van der Waals surface area contributed by atoms with Gasteiger partial charge in [-0.3, -0.25) is 0 Å². The number of rotatable bonds is 8. The van der Waals surface area contributed by atoms with E-state index >= 15 is 0 Å². The molecule has 0 amide bonds. The van der Waals surface area contributed by atoms with Crippen LogP contribution in [0.1, 0.15) is 11.0 Å². The van der Waals surface area contributed by atoms with Gasteiger partial charge in [-0.1, -0.05) is 36.4 Å². The maximum absolute atomic E-state index is 14.9. The highest BCUT2D eigenvalue weighted by Gasteiger charge is 2.22. The fraction of sp³-hybridized carbons (Fsp3) is 0.0476. The van der Waals surface area contributed by atoms with Crippen molar-refractivity contribution in [1.82, 2.24) is 0 Å². The van der Waals surface area contributed by atoms with Gasteiger partial charge in [0.1, 0.15) is 23.1 Å². The molecule has 4 nitrogen and oxygen atoms in total. The third-order valence-electron chi connectivity index (χ3n) is 8.37. The molecule has 8 rings (SSSR count). The van der Waals surface area contributed by atoms with Gasteiger partial charge in [-0.15, -0.1) is 0 Å². The summed E-state index contributed by atoms with van der Waals surface area (Å²) in [6, 6.07) is 23.0. The highest BCUT2D eigenvalue weighted by atomic mass is 19.1. The molecular weight excluding hydrogens is 602 g/mol. The van der Waals surface area contributed by atoms with Crippen LogP contribution in [-0.2, 0) is 0 Å². The van der Waals surface area contributed by atoms with Crippen molar-refractivity contribution in [3.8, 4) is 11.5 Å². The Bertz CT molecular complexity index is 2600. The summed E-state index contributed by atoms with van der Waals surface area (Å²) in [6.07, 6.45) is 0. The van der Waals surface area contributed by atoms with Crippen LogP contribution in [0.25, 0.3) is 32.3 Å². The highest BCUT2D eigenvalue weighted by Crippen LogP contribution is 2.47. The number of benzene rings is 8. The van der Waals surface area contributed by atoms with E-state index in [1.807, 2.05) is 36.4 Å². The van der Waals surface area contributed by atoms with E-state index in [0.717, 1.165) is 21.5 Å². The van der Waals surface area contributed by atoms with E-state index in [2.05, 4.69) is 0 Å². The zero-order valence-corrected chi connectivity index (χ0v) is 25.7. The van der Waals surface area contributed by atoms with Crippen molar-refractivity contribution in [3.63, 3.8) is 0 Å². The van der Waals surface area contributed by atoms with Crippen LogP contribution in [0, 0.1) is 11.6 Å². The molecule has 0 aliphatic heterocycles. The van der Waals surface area contributed by atoms with E-state index in [-0.39, 0.29) is 11.4 Å². The molecule has 6 heteroatoms. The van der Waals surface area contributed by atoms with Crippen LogP contribution in [0.15, 0.2) is 145 Å². The lowest BCUT2D eigenvalue weighted by molar-refractivity contribution is 0.414. The Morgan fingerprint density at radius 1 is 0.438 bits per heavy atom. The van der Waals surface area contributed by atoms with Crippen LogP contribution in [-0.4, -0.2) is 14.2 Å². The average molecular weight is 641 g/mol. The van der Waals surface area contributed by atoms with Crippen LogP contribution in [0.4, 0.5) is 42.9 Å². The summed E-state index contributed by atoms with van der Waals surface area (Å²) < 4.78 is 109. The molecule has 8 aromatic rings. The van der Waals surface area contributed by atoms with Crippen LogP contribution < -0.4 is 19.3 Å². The van der Waals surface area contributed by atoms with E-state index < -0.39 is 60.0 Å². The summed E-state index contributed by atoms with van der Waals surface area (Å²) in [4.78, 5) is 3.14. The van der Waals surface area contributed by atoms with Crippen LogP contribution >= 0.6 is 0 Å². The fourth-order valence-electron chi connectivity index (χ4n) is 6.20. The largest absolute Gasteiger partial charge is 0.497 e. The van der Waals surface area contributed by atoms with Crippen LogP contribution in [0.2, 0.25) is 0 Å². The minimum atomic E-state index is -1.26. The zero-order chi connectivity index (χ0) is 39.7. The van der Waals surface area contributed by atoms with Crippen LogP contribution in [0.3, 0.4) is 0 Å². The summed E-state index contributed by atoms with van der Waals surface area (Å²) >= 11 is 0. The van der Waals surface area contributed by atoms with Crippen molar-refractivity contribution in [2.24, 2.45) is 0 Å². The first-order chi connectivity index (χ1) is 26.9. The third-order valence-corrected chi connectivity index (χ3v) is 8.37. The normalized spacial score (nSPS) is 13.7. The van der Waals surface area contributed by atoms with E-state index in [9.17, 15) is 8.78 Å². The molecule has 0 unspecified atom stereocenters. The van der Waals surface area contributed by atoms with Gasteiger partial charge in [-0.25, -0.2) is 8.78 Å². The maximum Gasteiger partial charge on any atom is 0.123 e. The second kappa shape index (κ2) is 11.9. The molecule has 0 bridgehead atoms. The van der Waals surface area contributed by atoms with Crippen molar-refractivity contribution < 1.29 is 29.2 Å². The number of hydrogen-bond donors (Lipinski definition) is 0. The Labute approximate surface area is 288 Å². The number of ether oxygens (including phenoxy) is 2. The molecule has 8 aromatic carbocycles. The minimum Gasteiger partial charge on any atom is -0.497 e.